The van der Waals surface area contributed by atoms with E-state index < -0.39 is 0 Å². The van der Waals surface area contributed by atoms with Crippen LogP contribution in [0.1, 0.15) is 11.3 Å². The number of benzene rings is 1. The third-order valence-electron chi connectivity index (χ3n) is 2.52. The van der Waals surface area contributed by atoms with Crippen molar-refractivity contribution >= 4 is 40.4 Å². The molecule has 2 N–H and O–H groups in total. The lowest BCUT2D eigenvalue weighted by Crippen LogP contribution is -2.11. The average molecular weight is 316 g/mol. The second kappa shape index (κ2) is 5.36. The summed E-state index contributed by atoms with van der Waals surface area (Å²) in [6, 6.07) is 4.96. The van der Waals surface area contributed by atoms with Gasteiger partial charge in [-0.05, 0) is 25.1 Å². The molecule has 0 amide bonds. The molecule has 0 aliphatic carbocycles. The lowest BCUT2D eigenvalue weighted by atomic mass is 10.2. The summed E-state index contributed by atoms with van der Waals surface area (Å²) in [7, 11) is 1.74. The second-order valence-electron chi connectivity index (χ2n) is 3.93. The first-order valence-corrected chi connectivity index (χ1v) is 6.53. The van der Waals surface area contributed by atoms with Gasteiger partial charge in [0.2, 0.25) is 5.88 Å². The topological polar surface area (TPSA) is 53.1 Å². The monoisotopic (exact) mass is 315 g/mol. The van der Waals surface area contributed by atoms with Crippen LogP contribution in [-0.4, -0.2) is 14.8 Å². The van der Waals surface area contributed by atoms with Crippen LogP contribution in [0.25, 0.3) is 0 Å². The van der Waals surface area contributed by atoms with Crippen LogP contribution in [0.4, 0.5) is 0 Å². The highest BCUT2D eigenvalue weighted by Gasteiger charge is 2.18. The molecule has 7 heteroatoms. The van der Waals surface area contributed by atoms with Gasteiger partial charge in [0.05, 0.1) is 16.3 Å². The zero-order valence-corrected chi connectivity index (χ0v) is 12.6. The van der Waals surface area contributed by atoms with Gasteiger partial charge in [-0.3, -0.25) is 0 Å². The number of rotatable bonds is 3. The fourth-order valence-electron chi connectivity index (χ4n) is 1.70. The van der Waals surface area contributed by atoms with E-state index in [9.17, 15) is 0 Å². The standard InChI is InChI=1S/C12H11Cl2N3OS/c1-6-10(11(15)19)12(17(2)16-6)18-9-4-3-7(13)5-8(9)14/h3-5H,1-2H3,(H2,15,19). The lowest BCUT2D eigenvalue weighted by molar-refractivity contribution is 0.430. The van der Waals surface area contributed by atoms with Gasteiger partial charge in [-0.25, -0.2) is 4.68 Å². The zero-order valence-electron chi connectivity index (χ0n) is 10.3. The van der Waals surface area contributed by atoms with Crippen molar-refractivity contribution in [2.24, 2.45) is 12.8 Å². The molecule has 19 heavy (non-hydrogen) atoms. The molecule has 2 aromatic rings. The predicted octanol–water partition coefficient (Wildman–Crippen LogP) is 3.46. The normalized spacial score (nSPS) is 10.5. The van der Waals surface area contributed by atoms with Gasteiger partial charge in [-0.15, -0.1) is 0 Å². The predicted molar refractivity (Wildman–Crippen MR) is 80.4 cm³/mol. The molecular weight excluding hydrogens is 305 g/mol. The van der Waals surface area contributed by atoms with Crippen LogP contribution in [-0.2, 0) is 7.05 Å². The first kappa shape index (κ1) is 14.1. The van der Waals surface area contributed by atoms with Gasteiger partial charge in [0.1, 0.15) is 10.7 Å². The summed E-state index contributed by atoms with van der Waals surface area (Å²) in [6.45, 7) is 1.81. The fraction of sp³-hybridized carbons (Fsp3) is 0.167. The van der Waals surface area contributed by atoms with Crippen molar-refractivity contribution in [3.63, 3.8) is 0 Å². The van der Waals surface area contributed by atoms with Gasteiger partial charge >= 0.3 is 0 Å². The summed E-state index contributed by atoms with van der Waals surface area (Å²) in [4.78, 5) is 0.227. The van der Waals surface area contributed by atoms with E-state index in [4.69, 9.17) is 45.9 Å². The Labute approximate surface area is 126 Å². The smallest absolute Gasteiger partial charge is 0.228 e. The van der Waals surface area contributed by atoms with Crippen LogP contribution >= 0.6 is 35.4 Å². The number of nitrogens with two attached hydrogens (primary N) is 1. The first-order valence-electron chi connectivity index (χ1n) is 5.36. The summed E-state index contributed by atoms with van der Waals surface area (Å²) >= 11 is 16.9. The van der Waals surface area contributed by atoms with Crippen molar-refractivity contribution in [3.8, 4) is 11.6 Å². The summed E-state index contributed by atoms with van der Waals surface area (Å²) in [5.74, 6) is 0.917. The van der Waals surface area contributed by atoms with Gasteiger partial charge in [-0.1, -0.05) is 35.4 Å². The number of halogens is 2. The molecule has 4 nitrogen and oxygen atoms in total. The largest absolute Gasteiger partial charge is 0.437 e. The Balaban J connectivity index is 2.46. The second-order valence-corrected chi connectivity index (χ2v) is 5.21. The van der Waals surface area contributed by atoms with Crippen molar-refractivity contribution in [3.05, 3.63) is 39.5 Å². The van der Waals surface area contributed by atoms with Crippen LogP contribution in [0.15, 0.2) is 18.2 Å². The molecule has 0 spiro atoms. The highest BCUT2D eigenvalue weighted by Crippen LogP contribution is 2.33. The Hall–Kier alpha value is -1.30. The Morgan fingerprint density at radius 1 is 1.42 bits per heavy atom. The van der Waals surface area contributed by atoms with Gasteiger partial charge < -0.3 is 10.5 Å². The van der Waals surface area contributed by atoms with E-state index in [0.717, 1.165) is 0 Å². The van der Waals surface area contributed by atoms with Crippen molar-refractivity contribution in [2.75, 3.05) is 0 Å². The van der Waals surface area contributed by atoms with E-state index in [-0.39, 0.29) is 4.99 Å². The molecule has 0 saturated carbocycles. The number of aromatic nitrogens is 2. The average Bonchev–Trinajstić information content (AvgIpc) is 2.57. The van der Waals surface area contributed by atoms with E-state index in [2.05, 4.69) is 5.10 Å². The molecule has 0 fully saturated rings. The quantitative estimate of drug-likeness (QED) is 0.881. The molecule has 2 rings (SSSR count). The van der Waals surface area contributed by atoms with Crippen molar-refractivity contribution < 1.29 is 4.74 Å². The highest BCUT2D eigenvalue weighted by molar-refractivity contribution is 7.80. The van der Waals surface area contributed by atoms with Gasteiger partial charge in [0, 0.05) is 12.1 Å². The van der Waals surface area contributed by atoms with Gasteiger partial charge in [-0.2, -0.15) is 5.10 Å². The highest BCUT2D eigenvalue weighted by atomic mass is 35.5. The molecule has 0 bridgehead atoms. The Morgan fingerprint density at radius 3 is 2.68 bits per heavy atom. The number of ether oxygens (including phenoxy) is 1. The van der Waals surface area contributed by atoms with Crippen LogP contribution in [0.2, 0.25) is 10.0 Å². The van der Waals surface area contributed by atoms with E-state index in [1.165, 1.54) is 0 Å². The van der Waals surface area contributed by atoms with Gasteiger partial charge in [0.15, 0.2) is 0 Å². The maximum absolute atomic E-state index is 6.07. The molecule has 0 aliphatic rings. The Morgan fingerprint density at radius 2 is 2.11 bits per heavy atom. The summed E-state index contributed by atoms with van der Waals surface area (Å²) < 4.78 is 7.31. The number of aryl methyl sites for hydroxylation is 2. The van der Waals surface area contributed by atoms with E-state index in [1.54, 1.807) is 29.9 Å². The minimum absolute atomic E-state index is 0.227. The maximum atomic E-state index is 6.07. The first-order chi connectivity index (χ1) is 8.90. The van der Waals surface area contributed by atoms with Crippen molar-refractivity contribution in [1.29, 1.82) is 0 Å². The SMILES string of the molecule is Cc1nn(C)c(Oc2ccc(Cl)cc2Cl)c1C(N)=S. The van der Waals surface area contributed by atoms with E-state index in [0.29, 0.717) is 32.9 Å². The van der Waals surface area contributed by atoms with Crippen molar-refractivity contribution in [1.82, 2.24) is 9.78 Å². The summed E-state index contributed by atoms with van der Waals surface area (Å²) in [5.41, 5.74) is 6.99. The maximum Gasteiger partial charge on any atom is 0.228 e. The third-order valence-corrected chi connectivity index (χ3v) is 3.25. The molecule has 0 saturated heterocycles. The number of hydrogen-bond acceptors (Lipinski definition) is 3. The number of hydrogen-bond donors (Lipinski definition) is 1. The molecule has 0 unspecified atom stereocenters. The number of thiocarbonyl (C=S) groups is 1. The van der Waals surface area contributed by atoms with Crippen LogP contribution in [0.5, 0.6) is 11.6 Å². The minimum atomic E-state index is 0.227. The lowest BCUT2D eigenvalue weighted by Gasteiger charge is -2.09. The third kappa shape index (κ3) is 2.83. The molecule has 0 radical (unpaired) electrons. The molecule has 1 aromatic heterocycles. The molecule has 1 aromatic carbocycles. The molecular formula is C12H11Cl2N3OS. The molecule has 1 heterocycles. The Kier molecular flexibility index (Phi) is 3.99. The fourth-order valence-corrected chi connectivity index (χ4v) is 2.38. The minimum Gasteiger partial charge on any atom is -0.437 e. The molecule has 100 valence electrons. The summed E-state index contributed by atoms with van der Waals surface area (Å²) in [6.07, 6.45) is 0. The van der Waals surface area contributed by atoms with E-state index >= 15 is 0 Å². The summed E-state index contributed by atoms with van der Waals surface area (Å²) in [5, 5.41) is 5.17. The molecule has 0 aliphatic heterocycles. The zero-order chi connectivity index (χ0) is 14.2. The van der Waals surface area contributed by atoms with Crippen LogP contribution in [0, 0.1) is 6.92 Å². The van der Waals surface area contributed by atoms with Crippen LogP contribution in [0.3, 0.4) is 0 Å². The van der Waals surface area contributed by atoms with Crippen molar-refractivity contribution in [2.45, 2.75) is 6.92 Å². The van der Waals surface area contributed by atoms with Crippen LogP contribution < -0.4 is 10.5 Å². The Bertz CT molecular complexity index is 655. The van der Waals surface area contributed by atoms with E-state index in [1.807, 2.05) is 6.92 Å². The van der Waals surface area contributed by atoms with Gasteiger partial charge in [0.25, 0.3) is 0 Å². The number of nitrogens with zero attached hydrogens (tertiary/aromatic N) is 2. The molecule has 0 atom stereocenters.